The average molecular weight is 563 g/mol. The predicted octanol–water partition coefficient (Wildman–Crippen LogP) is 3.62. The first kappa shape index (κ1) is 26.2. The van der Waals surface area contributed by atoms with Crippen LogP contribution in [0.1, 0.15) is 18.4 Å². The SMILES string of the molecule is C[C@H](Oc1ncc(Cl)cn1)[C@@H]1CN(C(=O)N2CCN(S(C)(=O)=O)CC2)C[C@@H]1c1ccc(Cl)c(Cl)c1. The normalized spacial score (nSPS) is 22.3. The summed E-state index contributed by atoms with van der Waals surface area (Å²) in [6.45, 7) is 4.08. The molecule has 4 rings (SSSR count). The number of aromatic nitrogens is 2. The number of ether oxygens (including phenoxy) is 1. The second kappa shape index (κ2) is 10.6. The summed E-state index contributed by atoms with van der Waals surface area (Å²) >= 11 is 18.3. The lowest BCUT2D eigenvalue weighted by atomic mass is 9.86. The van der Waals surface area contributed by atoms with Gasteiger partial charge in [0, 0.05) is 51.1 Å². The molecule has 2 saturated heterocycles. The summed E-state index contributed by atoms with van der Waals surface area (Å²) in [4.78, 5) is 25.1. The highest BCUT2D eigenvalue weighted by Gasteiger charge is 2.42. The zero-order chi connectivity index (χ0) is 25.3. The number of amides is 2. The summed E-state index contributed by atoms with van der Waals surface area (Å²) in [6, 6.07) is 5.57. The number of benzene rings is 1. The standard InChI is InChI=1S/C22H26Cl3N5O4S/c1-14(34-21-26-10-16(23)11-27-21)17-12-29(13-18(17)15-3-4-19(24)20(25)9-15)22(31)28-5-7-30(8-6-28)35(2,32)33/h3-4,9-11,14,17-18H,5-8,12-13H2,1-2H3/t14-,17-,18+/m0/s1. The summed E-state index contributed by atoms with van der Waals surface area (Å²) in [5.41, 5.74) is 0.953. The molecule has 3 heterocycles. The summed E-state index contributed by atoms with van der Waals surface area (Å²) in [5, 5.41) is 1.31. The molecular formula is C22H26Cl3N5O4S. The topological polar surface area (TPSA) is 95.9 Å². The average Bonchev–Trinajstić information content (AvgIpc) is 3.27. The highest BCUT2D eigenvalue weighted by Crippen LogP contribution is 2.38. The van der Waals surface area contributed by atoms with E-state index >= 15 is 0 Å². The highest BCUT2D eigenvalue weighted by molar-refractivity contribution is 7.88. The van der Waals surface area contributed by atoms with Crippen molar-refractivity contribution in [1.82, 2.24) is 24.1 Å². The molecule has 9 nitrogen and oxygen atoms in total. The maximum Gasteiger partial charge on any atom is 0.320 e. The van der Waals surface area contributed by atoms with Crippen molar-refractivity contribution in [2.45, 2.75) is 18.9 Å². The molecule has 2 aliphatic rings. The van der Waals surface area contributed by atoms with Crippen LogP contribution in [0.15, 0.2) is 30.6 Å². The molecule has 1 aromatic heterocycles. The zero-order valence-corrected chi connectivity index (χ0v) is 22.4. The fourth-order valence-electron chi connectivity index (χ4n) is 4.58. The van der Waals surface area contributed by atoms with E-state index < -0.39 is 10.0 Å². The van der Waals surface area contributed by atoms with Crippen molar-refractivity contribution in [2.24, 2.45) is 5.92 Å². The van der Waals surface area contributed by atoms with Crippen LogP contribution in [0.25, 0.3) is 0 Å². The maximum atomic E-state index is 13.4. The number of carbonyl (C=O) groups is 1. The Morgan fingerprint density at radius 2 is 1.69 bits per heavy atom. The second-order valence-corrected chi connectivity index (χ2v) is 12.0. The molecule has 0 unspecified atom stereocenters. The van der Waals surface area contributed by atoms with Gasteiger partial charge in [-0.3, -0.25) is 0 Å². The van der Waals surface area contributed by atoms with Gasteiger partial charge in [0.15, 0.2) is 0 Å². The number of likely N-dealkylation sites (tertiary alicyclic amines) is 1. The molecule has 2 fully saturated rings. The van der Waals surface area contributed by atoms with Gasteiger partial charge in [-0.25, -0.2) is 23.2 Å². The molecule has 1 aromatic carbocycles. The van der Waals surface area contributed by atoms with Crippen LogP contribution in [-0.2, 0) is 10.0 Å². The fourth-order valence-corrected chi connectivity index (χ4v) is 5.81. The predicted molar refractivity (Wildman–Crippen MR) is 135 cm³/mol. The number of urea groups is 1. The number of piperazine rings is 1. The van der Waals surface area contributed by atoms with Gasteiger partial charge in [0.25, 0.3) is 0 Å². The van der Waals surface area contributed by atoms with E-state index in [0.717, 1.165) is 5.56 Å². The minimum absolute atomic E-state index is 0.0617. The quantitative estimate of drug-likeness (QED) is 0.552. The van der Waals surface area contributed by atoms with Crippen LogP contribution in [0.4, 0.5) is 4.79 Å². The van der Waals surface area contributed by atoms with Crippen molar-refractivity contribution in [3.05, 3.63) is 51.2 Å². The van der Waals surface area contributed by atoms with Gasteiger partial charge in [-0.05, 0) is 24.6 Å². The lowest BCUT2D eigenvalue weighted by Gasteiger charge is -2.35. The lowest BCUT2D eigenvalue weighted by molar-refractivity contribution is 0.123. The molecule has 0 radical (unpaired) electrons. The molecule has 0 N–H and O–H groups in total. The molecule has 0 aliphatic carbocycles. The van der Waals surface area contributed by atoms with Crippen LogP contribution in [-0.4, -0.2) is 90.2 Å². The zero-order valence-electron chi connectivity index (χ0n) is 19.3. The number of rotatable bonds is 5. The number of hydrogen-bond acceptors (Lipinski definition) is 6. The molecule has 0 bridgehead atoms. The molecule has 190 valence electrons. The largest absolute Gasteiger partial charge is 0.460 e. The number of hydrogen-bond donors (Lipinski definition) is 0. The molecule has 2 aromatic rings. The molecule has 0 spiro atoms. The summed E-state index contributed by atoms with van der Waals surface area (Å²) in [6.07, 6.45) is 3.79. The molecule has 13 heteroatoms. The lowest BCUT2D eigenvalue weighted by Crippen LogP contribution is -2.53. The summed E-state index contributed by atoms with van der Waals surface area (Å²) < 4.78 is 31.0. The van der Waals surface area contributed by atoms with E-state index in [0.29, 0.717) is 41.2 Å². The van der Waals surface area contributed by atoms with Gasteiger partial charge in [-0.1, -0.05) is 40.9 Å². The Balaban J connectivity index is 1.52. The van der Waals surface area contributed by atoms with Crippen molar-refractivity contribution in [2.75, 3.05) is 45.5 Å². The highest BCUT2D eigenvalue weighted by atomic mass is 35.5. The Kier molecular flexibility index (Phi) is 7.97. The van der Waals surface area contributed by atoms with Crippen molar-refractivity contribution < 1.29 is 17.9 Å². The van der Waals surface area contributed by atoms with Gasteiger partial charge >= 0.3 is 12.0 Å². The van der Waals surface area contributed by atoms with Crippen LogP contribution >= 0.6 is 34.8 Å². The van der Waals surface area contributed by atoms with E-state index in [9.17, 15) is 13.2 Å². The minimum Gasteiger partial charge on any atom is -0.460 e. The third kappa shape index (κ3) is 6.11. The van der Waals surface area contributed by atoms with E-state index in [1.54, 1.807) is 15.9 Å². The smallest absolute Gasteiger partial charge is 0.320 e. The van der Waals surface area contributed by atoms with Crippen molar-refractivity contribution in [3.8, 4) is 6.01 Å². The Bertz CT molecular complexity index is 1180. The van der Waals surface area contributed by atoms with Crippen LogP contribution in [0.5, 0.6) is 6.01 Å². The van der Waals surface area contributed by atoms with Crippen molar-refractivity contribution in [3.63, 3.8) is 0 Å². The van der Waals surface area contributed by atoms with Gasteiger partial charge < -0.3 is 14.5 Å². The summed E-state index contributed by atoms with van der Waals surface area (Å²) in [5.74, 6) is -0.138. The first-order chi connectivity index (χ1) is 16.5. The Labute approximate surface area is 220 Å². The third-order valence-corrected chi connectivity index (χ3v) is 8.71. The molecule has 2 aliphatic heterocycles. The number of carbonyl (C=O) groups excluding carboxylic acids is 1. The van der Waals surface area contributed by atoms with Crippen LogP contribution in [0.2, 0.25) is 15.1 Å². The fraction of sp³-hybridized carbons (Fsp3) is 0.500. The van der Waals surface area contributed by atoms with Gasteiger partial charge in [-0.2, -0.15) is 4.31 Å². The second-order valence-electron chi connectivity index (χ2n) is 8.79. The molecule has 2 amide bonds. The van der Waals surface area contributed by atoms with E-state index in [2.05, 4.69) is 9.97 Å². The van der Waals surface area contributed by atoms with Crippen LogP contribution < -0.4 is 4.74 Å². The molecule has 35 heavy (non-hydrogen) atoms. The summed E-state index contributed by atoms with van der Waals surface area (Å²) in [7, 11) is -3.28. The van der Waals surface area contributed by atoms with Crippen LogP contribution in [0.3, 0.4) is 0 Å². The van der Waals surface area contributed by atoms with E-state index in [1.165, 1.54) is 23.0 Å². The van der Waals surface area contributed by atoms with E-state index in [4.69, 9.17) is 39.5 Å². The molecule has 3 atom stereocenters. The molecular weight excluding hydrogens is 537 g/mol. The van der Waals surface area contributed by atoms with E-state index in [-0.39, 0.29) is 43.1 Å². The van der Waals surface area contributed by atoms with E-state index in [1.807, 2.05) is 19.1 Å². The Hall–Kier alpha value is -1.85. The number of sulfonamides is 1. The molecule has 0 saturated carbocycles. The maximum absolute atomic E-state index is 13.4. The first-order valence-corrected chi connectivity index (χ1v) is 14.1. The van der Waals surface area contributed by atoms with Gasteiger partial charge in [0.2, 0.25) is 10.0 Å². The Morgan fingerprint density at radius 3 is 2.29 bits per heavy atom. The van der Waals surface area contributed by atoms with Crippen LogP contribution in [0, 0.1) is 5.92 Å². The van der Waals surface area contributed by atoms with Gasteiger partial charge in [0.05, 0.1) is 33.7 Å². The first-order valence-electron chi connectivity index (χ1n) is 11.1. The monoisotopic (exact) mass is 561 g/mol. The number of halogens is 3. The van der Waals surface area contributed by atoms with Gasteiger partial charge in [-0.15, -0.1) is 0 Å². The van der Waals surface area contributed by atoms with Crippen molar-refractivity contribution in [1.29, 1.82) is 0 Å². The number of nitrogens with zero attached hydrogens (tertiary/aromatic N) is 5. The van der Waals surface area contributed by atoms with Gasteiger partial charge in [0.1, 0.15) is 6.10 Å². The Morgan fingerprint density at radius 1 is 1.03 bits per heavy atom. The minimum atomic E-state index is -3.28. The van der Waals surface area contributed by atoms with Crippen molar-refractivity contribution >= 4 is 50.9 Å². The third-order valence-electron chi connectivity index (χ3n) is 6.48.